The van der Waals surface area contributed by atoms with Crippen molar-refractivity contribution < 1.29 is 14.6 Å². The first-order valence-electron chi connectivity index (χ1n) is 21.9. The van der Waals surface area contributed by atoms with Gasteiger partial charge in [0.2, 0.25) is 5.88 Å². The molecule has 0 aromatic carbocycles. The fourth-order valence-corrected chi connectivity index (χ4v) is 15.6. The highest BCUT2D eigenvalue weighted by Gasteiger charge is 2.70. The number of carboxylic acids is 1. The third-order valence-electron chi connectivity index (χ3n) is 18.2. The zero-order valence-electron chi connectivity index (χ0n) is 34.5. The van der Waals surface area contributed by atoms with Gasteiger partial charge in [0.05, 0.1) is 11.7 Å². The summed E-state index contributed by atoms with van der Waals surface area (Å²) in [5.74, 6) is 3.06. The predicted molar refractivity (Wildman–Crippen MR) is 218 cm³/mol. The van der Waals surface area contributed by atoms with Crippen LogP contribution in [0.5, 0.6) is 5.88 Å². The van der Waals surface area contributed by atoms with Crippen molar-refractivity contribution in [2.75, 3.05) is 32.8 Å². The number of hydrogen-bond donors (Lipinski definition) is 2. The van der Waals surface area contributed by atoms with Crippen LogP contribution in [0.2, 0.25) is 0 Å². The maximum absolute atomic E-state index is 12.6. The molecule has 0 spiro atoms. The molecule has 8 heteroatoms. The molecule has 2 heterocycles. The number of fused-ring (bicyclic) bond motifs is 7. The van der Waals surface area contributed by atoms with Gasteiger partial charge in [-0.3, -0.25) is 4.79 Å². The minimum Gasteiger partial charge on any atom is -0.481 e. The van der Waals surface area contributed by atoms with Crippen LogP contribution in [0.3, 0.4) is 0 Å². The number of aliphatic carboxylic acids is 1. The standard InChI is InChI=1S/C46H70N4O3S/c1-31(2)33-15-22-46(47-25-28-50-26-9-8-10-27-50)24-23-43(6)35(39(33)46)11-12-37-42(5)18-16-34(41(3,4)36(42)17-19-44(37,43)7)32-13-20-45(21-14-32,40(51)52)30-53-38-29-48-54-49-38/h13,16,29,33,35-37,39,47H,1,8-12,14-15,17-28,30H2,2-7H3,(H,51,52)/t33-,35+,36-,37+,39+,42-,43+,44+,45?,46-/m0/s1. The lowest BCUT2D eigenvalue weighted by Crippen LogP contribution is -2.68. The predicted octanol–water partition coefficient (Wildman–Crippen LogP) is 10.1. The number of carbonyl (C=O) groups is 1. The van der Waals surface area contributed by atoms with Gasteiger partial charge in [-0.2, -0.15) is 4.37 Å². The first-order valence-corrected chi connectivity index (χ1v) is 22.6. The molecule has 0 radical (unpaired) electrons. The number of nitrogens with one attached hydrogen (secondary N) is 1. The molecule has 2 N–H and O–H groups in total. The lowest BCUT2D eigenvalue weighted by Gasteiger charge is -2.72. The second-order valence-corrected chi connectivity index (χ2v) is 21.3. The number of ether oxygens (including phenoxy) is 1. The monoisotopic (exact) mass is 759 g/mol. The molecule has 1 aromatic heterocycles. The van der Waals surface area contributed by atoms with Crippen molar-refractivity contribution in [3.05, 3.63) is 41.6 Å². The second-order valence-electron chi connectivity index (χ2n) is 20.8. The molecule has 7 nitrogen and oxygen atoms in total. The van der Waals surface area contributed by atoms with Crippen LogP contribution in [-0.2, 0) is 4.79 Å². The lowest BCUT2D eigenvalue weighted by molar-refractivity contribution is -0.221. The van der Waals surface area contributed by atoms with Gasteiger partial charge in [0.15, 0.2) is 0 Å². The van der Waals surface area contributed by atoms with E-state index in [1.165, 1.54) is 107 Å². The molecule has 5 fully saturated rings. The highest BCUT2D eigenvalue weighted by Crippen LogP contribution is 2.76. The summed E-state index contributed by atoms with van der Waals surface area (Å²) in [5.41, 5.74) is 4.60. The van der Waals surface area contributed by atoms with Gasteiger partial charge >= 0.3 is 5.97 Å². The molecular formula is C46H70N4O3S. The van der Waals surface area contributed by atoms with Gasteiger partial charge in [-0.25, -0.2) is 0 Å². The quantitative estimate of drug-likeness (QED) is 0.230. The average molecular weight is 759 g/mol. The minimum absolute atomic E-state index is 0.0421. The molecular weight excluding hydrogens is 689 g/mol. The van der Waals surface area contributed by atoms with E-state index >= 15 is 0 Å². The van der Waals surface area contributed by atoms with Crippen molar-refractivity contribution in [2.24, 2.45) is 56.7 Å². The van der Waals surface area contributed by atoms with Gasteiger partial charge in [0.25, 0.3) is 0 Å². The Morgan fingerprint density at radius 1 is 0.963 bits per heavy atom. The van der Waals surface area contributed by atoms with Crippen LogP contribution in [0.4, 0.5) is 0 Å². The van der Waals surface area contributed by atoms with E-state index in [2.05, 4.69) is 79.2 Å². The van der Waals surface area contributed by atoms with Crippen molar-refractivity contribution >= 4 is 17.7 Å². The summed E-state index contributed by atoms with van der Waals surface area (Å²) in [7, 11) is 0. The Kier molecular flexibility index (Phi) is 10.1. The Morgan fingerprint density at radius 2 is 1.76 bits per heavy atom. The van der Waals surface area contributed by atoms with E-state index < -0.39 is 11.4 Å². The maximum Gasteiger partial charge on any atom is 0.313 e. The summed E-state index contributed by atoms with van der Waals surface area (Å²) >= 11 is 1.08. The first-order chi connectivity index (χ1) is 25.7. The Labute approximate surface area is 330 Å². The van der Waals surface area contributed by atoms with E-state index in [0.29, 0.717) is 53.2 Å². The van der Waals surface area contributed by atoms with Gasteiger partial charge in [0.1, 0.15) is 18.2 Å². The molecule has 8 rings (SSSR count). The van der Waals surface area contributed by atoms with Gasteiger partial charge in [-0.15, -0.1) is 4.37 Å². The average Bonchev–Trinajstić information content (AvgIpc) is 3.81. The summed E-state index contributed by atoms with van der Waals surface area (Å²) < 4.78 is 14.0. The third kappa shape index (κ3) is 6.03. The molecule has 298 valence electrons. The van der Waals surface area contributed by atoms with Gasteiger partial charge < -0.3 is 20.1 Å². The molecule has 4 saturated carbocycles. The van der Waals surface area contributed by atoms with Crippen LogP contribution in [0.15, 0.2) is 41.6 Å². The van der Waals surface area contributed by atoms with Gasteiger partial charge in [-0.1, -0.05) is 65.3 Å². The molecule has 0 amide bonds. The number of aromatic nitrogens is 2. The van der Waals surface area contributed by atoms with E-state index in [9.17, 15) is 9.90 Å². The zero-order valence-corrected chi connectivity index (χ0v) is 35.3. The molecule has 0 bridgehead atoms. The summed E-state index contributed by atoms with van der Waals surface area (Å²) in [5, 5.41) is 14.7. The SMILES string of the molecule is C=C(C)[C@@H]1CC[C@]2(NCCN3CCCCC3)CC[C@]3(C)[C@H](CC[C@@H]4[C@@]5(C)CC=C(C6=CCC(COc7cnsn7)(C(=O)O)CC6)C(C)(C)[C@@H]5CC[C@]43C)[C@@H]12. The first kappa shape index (κ1) is 38.8. The molecule has 1 unspecified atom stereocenters. The van der Waals surface area contributed by atoms with Crippen molar-refractivity contribution in [2.45, 2.75) is 143 Å². The summed E-state index contributed by atoms with van der Waals surface area (Å²) in [4.78, 5) is 15.3. The molecule has 1 aliphatic heterocycles. The lowest BCUT2D eigenvalue weighted by atomic mass is 9.33. The molecule has 1 aromatic rings. The van der Waals surface area contributed by atoms with Crippen LogP contribution >= 0.6 is 11.7 Å². The molecule has 1 saturated heterocycles. The number of likely N-dealkylation sites (tertiary alicyclic amines) is 1. The number of piperidine rings is 1. The fraction of sp³-hybridized carbons (Fsp3) is 0.804. The van der Waals surface area contributed by atoms with Crippen LogP contribution in [0.25, 0.3) is 0 Å². The van der Waals surface area contributed by atoms with Crippen LogP contribution in [0, 0.1) is 56.7 Å². The van der Waals surface area contributed by atoms with Crippen LogP contribution in [0.1, 0.15) is 138 Å². The normalized spacial score (nSPS) is 43.1. The van der Waals surface area contributed by atoms with Gasteiger partial charge in [0, 0.05) is 18.6 Å². The summed E-state index contributed by atoms with van der Waals surface area (Å²) in [6.45, 7) is 25.3. The van der Waals surface area contributed by atoms with Crippen molar-refractivity contribution in [1.29, 1.82) is 0 Å². The van der Waals surface area contributed by atoms with Crippen LogP contribution in [-0.4, -0.2) is 63.0 Å². The largest absolute Gasteiger partial charge is 0.481 e. The van der Waals surface area contributed by atoms with Crippen molar-refractivity contribution in [3.8, 4) is 5.88 Å². The Morgan fingerprint density at radius 3 is 2.44 bits per heavy atom. The number of nitrogens with zero attached hydrogens (tertiary/aromatic N) is 3. The minimum atomic E-state index is -0.926. The number of allylic oxidation sites excluding steroid dienone is 5. The van der Waals surface area contributed by atoms with E-state index in [1.54, 1.807) is 6.20 Å². The fourth-order valence-electron chi connectivity index (χ4n) is 15.2. The van der Waals surface area contributed by atoms with Crippen molar-refractivity contribution in [3.63, 3.8) is 0 Å². The number of carboxylic acid groups (broad SMARTS) is 1. The summed E-state index contributed by atoms with van der Waals surface area (Å²) in [6.07, 6.45) is 24.2. The Hall–Kier alpha value is -2.03. The number of rotatable bonds is 10. The molecule has 10 atom stereocenters. The van der Waals surface area contributed by atoms with E-state index in [4.69, 9.17) is 4.74 Å². The van der Waals surface area contributed by atoms with Gasteiger partial charge in [-0.05, 0) is 172 Å². The smallest absolute Gasteiger partial charge is 0.313 e. The highest BCUT2D eigenvalue weighted by molar-refractivity contribution is 6.99. The molecule has 7 aliphatic rings. The Balaban J connectivity index is 1.03. The maximum atomic E-state index is 12.6. The molecule has 54 heavy (non-hydrogen) atoms. The topological polar surface area (TPSA) is 87.6 Å². The van der Waals surface area contributed by atoms with E-state index in [1.807, 2.05) is 0 Å². The second kappa shape index (κ2) is 14.1. The Bertz CT molecular complexity index is 1650. The third-order valence-corrected chi connectivity index (χ3v) is 18.7. The number of hydrogen-bond acceptors (Lipinski definition) is 7. The van der Waals surface area contributed by atoms with E-state index in [-0.39, 0.29) is 23.0 Å². The zero-order chi connectivity index (χ0) is 38.1. The highest BCUT2D eigenvalue weighted by atomic mass is 32.1. The van der Waals surface area contributed by atoms with E-state index in [0.717, 1.165) is 37.0 Å². The summed E-state index contributed by atoms with van der Waals surface area (Å²) in [6, 6.07) is 0. The van der Waals surface area contributed by atoms with Crippen LogP contribution < -0.4 is 10.1 Å². The molecule has 6 aliphatic carbocycles. The van der Waals surface area contributed by atoms with Crippen molar-refractivity contribution in [1.82, 2.24) is 19.0 Å².